The number of carboxylic acids is 1. The first-order chi connectivity index (χ1) is 8.29. The predicted molar refractivity (Wildman–Crippen MR) is 66.2 cm³/mol. The molecule has 7 heteroatoms. The lowest BCUT2D eigenvalue weighted by atomic mass is 10.3. The third-order valence-corrected chi connectivity index (χ3v) is 2.32. The van der Waals surface area contributed by atoms with E-state index in [1.54, 1.807) is 14.1 Å². The van der Waals surface area contributed by atoms with E-state index >= 15 is 0 Å². The van der Waals surface area contributed by atoms with Gasteiger partial charge in [-0.15, -0.1) is 0 Å². The van der Waals surface area contributed by atoms with E-state index in [-0.39, 0.29) is 12.5 Å². The molecule has 0 aromatic heterocycles. The van der Waals surface area contributed by atoms with Gasteiger partial charge in [0.15, 0.2) is 0 Å². The van der Waals surface area contributed by atoms with Gasteiger partial charge >= 0.3 is 12.0 Å². The number of aliphatic carboxylic acids is 1. The number of hydrogen-bond donors (Lipinski definition) is 2. The standard InChI is InChI=1S/C11H21N3O4/c1-5-6-14(7-9(15)13(3)4)11(18)12-8(2)10(16)17/h8H,5-7H2,1-4H3,(H,12,18)(H,16,17). The van der Waals surface area contributed by atoms with Gasteiger partial charge in [-0.25, -0.2) is 4.79 Å². The SMILES string of the molecule is CCCN(CC(=O)N(C)C)C(=O)NC(C)C(=O)O. The van der Waals surface area contributed by atoms with Gasteiger partial charge in [0.1, 0.15) is 12.6 Å². The maximum atomic E-state index is 11.8. The van der Waals surface area contributed by atoms with Crippen LogP contribution in [0.2, 0.25) is 0 Å². The molecule has 1 atom stereocenters. The van der Waals surface area contributed by atoms with Crippen LogP contribution in [0.25, 0.3) is 0 Å². The minimum absolute atomic E-state index is 0.0565. The maximum Gasteiger partial charge on any atom is 0.325 e. The first kappa shape index (κ1) is 16.2. The lowest BCUT2D eigenvalue weighted by Crippen LogP contribution is -2.49. The molecular weight excluding hydrogens is 238 g/mol. The first-order valence-corrected chi connectivity index (χ1v) is 5.78. The van der Waals surface area contributed by atoms with Crippen molar-refractivity contribution >= 4 is 17.9 Å². The van der Waals surface area contributed by atoms with Crippen molar-refractivity contribution in [2.45, 2.75) is 26.3 Å². The molecule has 0 aromatic carbocycles. The monoisotopic (exact) mass is 259 g/mol. The van der Waals surface area contributed by atoms with Crippen molar-refractivity contribution in [3.63, 3.8) is 0 Å². The molecule has 0 aliphatic heterocycles. The lowest BCUT2D eigenvalue weighted by molar-refractivity contribution is -0.138. The number of amides is 3. The Labute approximate surface area is 107 Å². The number of carbonyl (C=O) groups is 3. The first-order valence-electron chi connectivity index (χ1n) is 5.78. The van der Waals surface area contributed by atoms with Crippen LogP contribution in [0, 0.1) is 0 Å². The van der Waals surface area contributed by atoms with Crippen molar-refractivity contribution in [1.29, 1.82) is 0 Å². The van der Waals surface area contributed by atoms with Crippen LogP contribution in [0.1, 0.15) is 20.3 Å². The van der Waals surface area contributed by atoms with Crippen molar-refractivity contribution in [1.82, 2.24) is 15.1 Å². The number of carboxylic acid groups (broad SMARTS) is 1. The number of carbonyl (C=O) groups excluding carboxylic acids is 2. The van der Waals surface area contributed by atoms with E-state index in [9.17, 15) is 14.4 Å². The second-order valence-electron chi connectivity index (χ2n) is 4.22. The fourth-order valence-electron chi connectivity index (χ4n) is 1.17. The minimum Gasteiger partial charge on any atom is -0.480 e. The molecule has 0 rings (SSSR count). The molecule has 0 aromatic rings. The van der Waals surface area contributed by atoms with E-state index in [0.29, 0.717) is 13.0 Å². The van der Waals surface area contributed by atoms with Gasteiger partial charge in [0, 0.05) is 20.6 Å². The van der Waals surface area contributed by atoms with E-state index in [0.717, 1.165) is 0 Å². The van der Waals surface area contributed by atoms with E-state index in [2.05, 4.69) is 5.32 Å². The van der Waals surface area contributed by atoms with E-state index in [1.807, 2.05) is 6.92 Å². The largest absolute Gasteiger partial charge is 0.480 e. The van der Waals surface area contributed by atoms with Crippen LogP contribution in [0.3, 0.4) is 0 Å². The number of urea groups is 1. The highest BCUT2D eigenvalue weighted by Crippen LogP contribution is 1.96. The van der Waals surface area contributed by atoms with Crippen LogP contribution in [0.15, 0.2) is 0 Å². The summed E-state index contributed by atoms with van der Waals surface area (Å²) in [7, 11) is 3.20. The van der Waals surface area contributed by atoms with Crippen LogP contribution in [-0.4, -0.2) is 66.0 Å². The van der Waals surface area contributed by atoms with Gasteiger partial charge in [-0.2, -0.15) is 0 Å². The van der Waals surface area contributed by atoms with E-state index in [1.165, 1.54) is 16.7 Å². The summed E-state index contributed by atoms with van der Waals surface area (Å²) >= 11 is 0. The van der Waals surface area contributed by atoms with Crippen LogP contribution in [0.4, 0.5) is 4.79 Å². The third-order valence-electron chi connectivity index (χ3n) is 2.32. The molecule has 0 spiro atoms. The Hall–Kier alpha value is -1.79. The van der Waals surface area contributed by atoms with Gasteiger partial charge in [0.2, 0.25) is 5.91 Å². The normalized spacial score (nSPS) is 11.6. The maximum absolute atomic E-state index is 11.8. The Balaban J connectivity index is 4.54. The molecule has 0 heterocycles. The molecule has 104 valence electrons. The van der Waals surface area contributed by atoms with Crippen molar-refractivity contribution in [2.24, 2.45) is 0 Å². The predicted octanol–water partition coefficient (Wildman–Crippen LogP) is -0.0307. The zero-order chi connectivity index (χ0) is 14.3. The lowest BCUT2D eigenvalue weighted by Gasteiger charge is -2.24. The number of hydrogen-bond acceptors (Lipinski definition) is 3. The summed E-state index contributed by atoms with van der Waals surface area (Å²) in [4.78, 5) is 36.7. The molecular formula is C11H21N3O4. The molecule has 2 N–H and O–H groups in total. The molecule has 0 aliphatic carbocycles. The molecule has 1 unspecified atom stereocenters. The van der Waals surface area contributed by atoms with Crippen molar-refractivity contribution in [2.75, 3.05) is 27.2 Å². The summed E-state index contributed by atoms with van der Waals surface area (Å²) < 4.78 is 0. The Kier molecular flexibility index (Phi) is 6.77. The molecule has 0 radical (unpaired) electrons. The van der Waals surface area contributed by atoms with E-state index in [4.69, 9.17) is 5.11 Å². The van der Waals surface area contributed by atoms with Gasteiger partial charge in [0.25, 0.3) is 0 Å². The van der Waals surface area contributed by atoms with E-state index < -0.39 is 18.0 Å². The minimum atomic E-state index is -1.11. The summed E-state index contributed by atoms with van der Waals surface area (Å²) in [6, 6.07) is -1.52. The summed E-state index contributed by atoms with van der Waals surface area (Å²) in [6.07, 6.45) is 0.690. The van der Waals surface area contributed by atoms with Crippen LogP contribution in [0.5, 0.6) is 0 Å². The average molecular weight is 259 g/mol. The van der Waals surface area contributed by atoms with Crippen molar-refractivity contribution < 1.29 is 19.5 Å². The molecule has 0 aliphatic rings. The van der Waals surface area contributed by atoms with Gasteiger partial charge < -0.3 is 20.2 Å². The van der Waals surface area contributed by atoms with Gasteiger partial charge in [0.05, 0.1) is 0 Å². The molecule has 18 heavy (non-hydrogen) atoms. The van der Waals surface area contributed by atoms with Gasteiger partial charge in [-0.1, -0.05) is 6.92 Å². The highest BCUT2D eigenvalue weighted by atomic mass is 16.4. The highest BCUT2D eigenvalue weighted by Gasteiger charge is 2.21. The fraction of sp³-hybridized carbons (Fsp3) is 0.727. The highest BCUT2D eigenvalue weighted by molar-refractivity contribution is 5.86. The number of rotatable bonds is 6. The van der Waals surface area contributed by atoms with Crippen LogP contribution >= 0.6 is 0 Å². The van der Waals surface area contributed by atoms with Crippen LogP contribution in [-0.2, 0) is 9.59 Å². The summed E-state index contributed by atoms with van der Waals surface area (Å²) in [5.41, 5.74) is 0. The smallest absolute Gasteiger partial charge is 0.325 e. The molecule has 0 saturated heterocycles. The van der Waals surface area contributed by atoms with Crippen LogP contribution < -0.4 is 5.32 Å². The zero-order valence-electron chi connectivity index (χ0n) is 11.3. The van der Waals surface area contributed by atoms with Gasteiger partial charge in [-0.05, 0) is 13.3 Å². The second-order valence-corrected chi connectivity index (χ2v) is 4.22. The third kappa shape index (κ3) is 5.51. The van der Waals surface area contributed by atoms with Crippen molar-refractivity contribution in [3.05, 3.63) is 0 Å². The van der Waals surface area contributed by atoms with Gasteiger partial charge in [-0.3, -0.25) is 9.59 Å². The molecule has 7 nitrogen and oxygen atoms in total. The average Bonchev–Trinajstić information content (AvgIpc) is 2.27. The Morgan fingerprint density at radius 1 is 1.28 bits per heavy atom. The molecule has 0 bridgehead atoms. The second kappa shape index (κ2) is 7.52. The molecule has 0 fully saturated rings. The number of likely N-dealkylation sites (N-methyl/N-ethyl adjacent to an activating group) is 1. The summed E-state index contributed by atoms with van der Waals surface area (Å²) in [5.74, 6) is -1.32. The van der Waals surface area contributed by atoms with Crippen molar-refractivity contribution in [3.8, 4) is 0 Å². The molecule has 3 amide bonds. The Bertz CT molecular complexity index is 317. The quantitative estimate of drug-likeness (QED) is 0.701. The Morgan fingerprint density at radius 3 is 2.22 bits per heavy atom. The summed E-state index contributed by atoms with van der Waals surface area (Å²) in [6.45, 7) is 3.59. The number of nitrogens with zero attached hydrogens (tertiary/aromatic N) is 2. The Morgan fingerprint density at radius 2 is 1.83 bits per heavy atom. The zero-order valence-corrected chi connectivity index (χ0v) is 11.3. The summed E-state index contributed by atoms with van der Waals surface area (Å²) in [5, 5.41) is 11.0. The topological polar surface area (TPSA) is 90.0 Å². The fourth-order valence-corrected chi connectivity index (χ4v) is 1.17. The molecule has 0 saturated carbocycles. The number of nitrogens with one attached hydrogen (secondary N) is 1.